The van der Waals surface area contributed by atoms with E-state index in [1.165, 1.54) is 0 Å². The highest BCUT2D eigenvalue weighted by molar-refractivity contribution is 5.95. The molecule has 18 heavy (non-hydrogen) atoms. The fourth-order valence-electron chi connectivity index (χ4n) is 1.44. The maximum absolute atomic E-state index is 13.6. The standard InChI is InChI=1S/C12H16F2N2O2/c1-7(3-4-18-2)16-12(17)9-5-8(13)6-10(15)11(9)14/h5-7H,3-4,15H2,1-2H3,(H,16,17). The summed E-state index contributed by atoms with van der Waals surface area (Å²) in [6.07, 6.45) is 0.578. The zero-order valence-corrected chi connectivity index (χ0v) is 10.3. The number of nitrogen functional groups attached to an aromatic ring is 1. The van der Waals surface area contributed by atoms with E-state index < -0.39 is 23.1 Å². The smallest absolute Gasteiger partial charge is 0.254 e. The SMILES string of the molecule is COCCC(C)NC(=O)c1cc(F)cc(N)c1F. The van der Waals surface area contributed by atoms with Crippen LogP contribution in [0.4, 0.5) is 14.5 Å². The number of nitrogens with one attached hydrogen (secondary N) is 1. The molecule has 100 valence electrons. The first-order valence-corrected chi connectivity index (χ1v) is 5.50. The zero-order valence-electron chi connectivity index (χ0n) is 10.3. The van der Waals surface area contributed by atoms with Crippen LogP contribution in [0.15, 0.2) is 12.1 Å². The number of benzene rings is 1. The number of hydrogen-bond donors (Lipinski definition) is 2. The summed E-state index contributed by atoms with van der Waals surface area (Å²) in [4.78, 5) is 11.7. The lowest BCUT2D eigenvalue weighted by Gasteiger charge is -2.14. The van der Waals surface area contributed by atoms with Crippen molar-refractivity contribution in [2.24, 2.45) is 0 Å². The highest BCUT2D eigenvalue weighted by Crippen LogP contribution is 2.17. The number of hydrogen-bond acceptors (Lipinski definition) is 3. The van der Waals surface area contributed by atoms with Crippen LogP contribution in [0.2, 0.25) is 0 Å². The number of carbonyl (C=O) groups is 1. The van der Waals surface area contributed by atoms with Crippen LogP contribution >= 0.6 is 0 Å². The van der Waals surface area contributed by atoms with Crippen LogP contribution < -0.4 is 11.1 Å². The maximum Gasteiger partial charge on any atom is 0.254 e. The number of anilines is 1. The van der Waals surface area contributed by atoms with Crippen molar-refractivity contribution >= 4 is 11.6 Å². The minimum absolute atomic E-state index is 0.207. The normalized spacial score (nSPS) is 12.2. The van der Waals surface area contributed by atoms with Gasteiger partial charge in [0.15, 0.2) is 5.82 Å². The van der Waals surface area contributed by atoms with Gasteiger partial charge < -0.3 is 15.8 Å². The molecule has 1 aromatic rings. The van der Waals surface area contributed by atoms with Crippen molar-refractivity contribution in [3.8, 4) is 0 Å². The van der Waals surface area contributed by atoms with Crippen molar-refractivity contribution in [3.05, 3.63) is 29.3 Å². The predicted molar refractivity (Wildman–Crippen MR) is 64.2 cm³/mol. The molecule has 1 amide bonds. The summed E-state index contributed by atoms with van der Waals surface area (Å²) in [5, 5.41) is 2.55. The molecule has 0 aliphatic heterocycles. The Bertz CT molecular complexity index is 438. The van der Waals surface area contributed by atoms with Gasteiger partial charge in [0.25, 0.3) is 5.91 Å². The van der Waals surface area contributed by atoms with Gasteiger partial charge in [0.05, 0.1) is 11.3 Å². The van der Waals surface area contributed by atoms with E-state index in [2.05, 4.69) is 5.32 Å². The molecule has 0 bridgehead atoms. The first-order chi connectivity index (χ1) is 8.45. The number of methoxy groups -OCH3 is 1. The van der Waals surface area contributed by atoms with Crippen LogP contribution in [0.5, 0.6) is 0 Å². The first-order valence-electron chi connectivity index (χ1n) is 5.50. The molecule has 0 radical (unpaired) electrons. The second-order valence-electron chi connectivity index (χ2n) is 4.01. The Morgan fingerprint density at radius 3 is 2.78 bits per heavy atom. The van der Waals surface area contributed by atoms with Gasteiger partial charge in [-0.3, -0.25) is 4.79 Å². The number of ether oxygens (including phenoxy) is 1. The molecule has 0 saturated carbocycles. The molecule has 3 N–H and O–H groups in total. The summed E-state index contributed by atoms with van der Waals surface area (Å²) in [5.41, 5.74) is 4.48. The van der Waals surface area contributed by atoms with E-state index in [1.807, 2.05) is 0 Å². The minimum Gasteiger partial charge on any atom is -0.396 e. The first kappa shape index (κ1) is 14.4. The van der Waals surface area contributed by atoms with E-state index in [9.17, 15) is 13.6 Å². The molecule has 0 aliphatic carbocycles. The average molecular weight is 258 g/mol. The molecular formula is C12H16F2N2O2. The minimum atomic E-state index is -0.909. The summed E-state index contributed by atoms with van der Waals surface area (Å²) in [6, 6.07) is 1.45. The third-order valence-electron chi connectivity index (χ3n) is 2.44. The molecule has 1 unspecified atom stereocenters. The van der Waals surface area contributed by atoms with Crippen molar-refractivity contribution in [2.75, 3.05) is 19.5 Å². The third-order valence-corrected chi connectivity index (χ3v) is 2.44. The Morgan fingerprint density at radius 2 is 2.17 bits per heavy atom. The van der Waals surface area contributed by atoms with E-state index in [0.717, 1.165) is 12.1 Å². The Kier molecular flexibility index (Phi) is 5.03. The molecule has 1 rings (SSSR count). The summed E-state index contributed by atoms with van der Waals surface area (Å²) >= 11 is 0. The summed E-state index contributed by atoms with van der Waals surface area (Å²) in [6.45, 7) is 2.21. The van der Waals surface area contributed by atoms with E-state index in [0.29, 0.717) is 13.0 Å². The van der Waals surface area contributed by atoms with Crippen LogP contribution in [0.25, 0.3) is 0 Å². The summed E-state index contributed by atoms with van der Waals surface area (Å²) in [7, 11) is 1.54. The lowest BCUT2D eigenvalue weighted by molar-refractivity contribution is 0.0925. The number of amides is 1. The third kappa shape index (κ3) is 3.66. The quantitative estimate of drug-likeness (QED) is 0.790. The molecule has 0 spiro atoms. The van der Waals surface area contributed by atoms with Crippen LogP contribution in [0.1, 0.15) is 23.7 Å². The fourth-order valence-corrected chi connectivity index (χ4v) is 1.44. The number of halogens is 2. The second kappa shape index (κ2) is 6.30. The molecule has 0 fully saturated rings. The summed E-state index contributed by atoms with van der Waals surface area (Å²) < 4.78 is 31.5. The van der Waals surface area contributed by atoms with Crippen molar-refractivity contribution in [1.82, 2.24) is 5.32 Å². The van der Waals surface area contributed by atoms with Crippen LogP contribution in [0, 0.1) is 11.6 Å². The maximum atomic E-state index is 13.6. The topological polar surface area (TPSA) is 64.3 Å². The molecular weight excluding hydrogens is 242 g/mol. The van der Waals surface area contributed by atoms with Crippen molar-refractivity contribution in [3.63, 3.8) is 0 Å². The van der Waals surface area contributed by atoms with Gasteiger partial charge in [-0.05, 0) is 25.5 Å². The molecule has 4 nitrogen and oxygen atoms in total. The molecule has 1 atom stereocenters. The predicted octanol–water partition coefficient (Wildman–Crippen LogP) is 1.70. The van der Waals surface area contributed by atoms with Gasteiger partial charge in [0, 0.05) is 19.8 Å². The lowest BCUT2D eigenvalue weighted by Crippen LogP contribution is -2.34. The zero-order chi connectivity index (χ0) is 13.7. The van der Waals surface area contributed by atoms with Gasteiger partial charge in [0.1, 0.15) is 5.82 Å². The van der Waals surface area contributed by atoms with Crippen molar-refractivity contribution in [2.45, 2.75) is 19.4 Å². The fraction of sp³-hybridized carbons (Fsp3) is 0.417. The molecule has 6 heteroatoms. The monoisotopic (exact) mass is 258 g/mol. The van der Waals surface area contributed by atoms with Gasteiger partial charge in [-0.25, -0.2) is 8.78 Å². The van der Waals surface area contributed by atoms with E-state index in [4.69, 9.17) is 10.5 Å². The average Bonchev–Trinajstić information content (AvgIpc) is 2.30. The largest absolute Gasteiger partial charge is 0.396 e. The highest BCUT2D eigenvalue weighted by Gasteiger charge is 2.17. The Hall–Kier alpha value is -1.69. The summed E-state index contributed by atoms with van der Waals surface area (Å²) in [5.74, 6) is -2.35. The van der Waals surface area contributed by atoms with E-state index in [1.54, 1.807) is 14.0 Å². The van der Waals surface area contributed by atoms with Gasteiger partial charge in [0.2, 0.25) is 0 Å². The number of nitrogens with two attached hydrogens (primary N) is 1. The van der Waals surface area contributed by atoms with Gasteiger partial charge in [-0.2, -0.15) is 0 Å². The van der Waals surface area contributed by atoms with Crippen molar-refractivity contribution in [1.29, 1.82) is 0 Å². The molecule has 0 heterocycles. The van der Waals surface area contributed by atoms with Crippen LogP contribution in [0.3, 0.4) is 0 Å². The van der Waals surface area contributed by atoms with Gasteiger partial charge in [-0.1, -0.05) is 0 Å². The number of rotatable bonds is 5. The second-order valence-corrected chi connectivity index (χ2v) is 4.01. The van der Waals surface area contributed by atoms with Gasteiger partial charge >= 0.3 is 0 Å². The van der Waals surface area contributed by atoms with Crippen molar-refractivity contribution < 1.29 is 18.3 Å². The molecule has 1 aromatic carbocycles. The molecule has 0 aliphatic rings. The Labute approximate surface area is 104 Å². The molecule has 0 aromatic heterocycles. The van der Waals surface area contributed by atoms with Crippen LogP contribution in [-0.2, 0) is 4.74 Å². The molecule has 0 saturated heterocycles. The van der Waals surface area contributed by atoms with E-state index in [-0.39, 0.29) is 11.7 Å². The van der Waals surface area contributed by atoms with E-state index >= 15 is 0 Å². The highest BCUT2D eigenvalue weighted by atomic mass is 19.1. The lowest BCUT2D eigenvalue weighted by atomic mass is 10.1. The Morgan fingerprint density at radius 1 is 1.50 bits per heavy atom. The van der Waals surface area contributed by atoms with Crippen LogP contribution in [-0.4, -0.2) is 25.7 Å². The Balaban J connectivity index is 2.78. The van der Waals surface area contributed by atoms with Gasteiger partial charge in [-0.15, -0.1) is 0 Å². The number of carbonyl (C=O) groups excluding carboxylic acids is 1.